The number of hydrogen-bond donors (Lipinski definition) is 1. The van der Waals surface area contributed by atoms with Crippen molar-refractivity contribution in [2.75, 3.05) is 6.79 Å². The number of carbonyl (C=O) groups is 5. The van der Waals surface area contributed by atoms with Gasteiger partial charge in [0.2, 0.25) is 12.7 Å². The van der Waals surface area contributed by atoms with Crippen LogP contribution in [0.5, 0.6) is 0 Å². The van der Waals surface area contributed by atoms with Gasteiger partial charge in [0.25, 0.3) is 0 Å². The summed E-state index contributed by atoms with van der Waals surface area (Å²) in [6, 6.07) is 5.75. The van der Waals surface area contributed by atoms with E-state index in [1.54, 1.807) is 45.0 Å². The molecule has 0 spiro atoms. The summed E-state index contributed by atoms with van der Waals surface area (Å²) < 4.78 is 15.0. The summed E-state index contributed by atoms with van der Waals surface area (Å²) in [5.41, 5.74) is -0.000000556. The van der Waals surface area contributed by atoms with Crippen molar-refractivity contribution in [3.8, 4) is 0 Å². The highest BCUT2D eigenvalue weighted by atomic mass is 16.7. The van der Waals surface area contributed by atoms with E-state index in [2.05, 4.69) is 5.32 Å². The van der Waals surface area contributed by atoms with Gasteiger partial charge in [0, 0.05) is 5.92 Å². The second-order valence-corrected chi connectivity index (χ2v) is 8.77. The fourth-order valence-electron chi connectivity index (χ4n) is 3.58. The molecule has 2 aliphatic rings. The maximum atomic E-state index is 12.6. The molecule has 0 aromatic heterocycles. The number of β-lactam (4-membered cyclic amide) rings is 1. The number of nitrogens with zero attached hydrogens (tertiary/aromatic N) is 1. The standard InChI is InChI=1S/C22H26N2O8/c1-12-15(19(27)31-11-32-20(28)22(2,3)4)24-16(17(12)25)14(18(24)26)23-21(29)30-10-13-8-6-5-7-9-13/h5-9,12,14-16H,10-11H2,1-4H3,(H,23,29)/t12-,14+,15-,16+/m1/s1. The number of Topliss-reactive ketones (excluding diaryl/α,β-unsaturated/α-hetero) is 1. The average Bonchev–Trinajstić information content (AvgIpc) is 2.98. The molecule has 2 saturated heterocycles. The van der Waals surface area contributed by atoms with Gasteiger partial charge in [-0.3, -0.25) is 14.4 Å². The molecule has 1 N–H and O–H groups in total. The predicted octanol–water partition coefficient (Wildman–Crippen LogP) is 1.17. The highest BCUT2D eigenvalue weighted by Crippen LogP contribution is 2.37. The molecule has 172 valence electrons. The fraction of sp³-hybridized carbons (Fsp3) is 0.500. The summed E-state index contributed by atoms with van der Waals surface area (Å²) in [7, 11) is 0. The lowest BCUT2D eigenvalue weighted by Crippen LogP contribution is -2.72. The van der Waals surface area contributed by atoms with Gasteiger partial charge in [-0.05, 0) is 26.3 Å². The second-order valence-electron chi connectivity index (χ2n) is 8.77. The summed E-state index contributed by atoms with van der Waals surface area (Å²) in [5.74, 6) is -3.20. The van der Waals surface area contributed by atoms with Crippen LogP contribution in [0.3, 0.4) is 0 Å². The van der Waals surface area contributed by atoms with Crippen molar-refractivity contribution in [2.24, 2.45) is 11.3 Å². The van der Waals surface area contributed by atoms with Crippen molar-refractivity contribution in [3.63, 3.8) is 0 Å². The molecule has 0 saturated carbocycles. The third kappa shape index (κ3) is 4.58. The molecule has 10 nitrogen and oxygen atoms in total. The molecule has 1 aromatic rings. The number of fused-ring (bicyclic) bond motifs is 1. The number of ketones is 1. The van der Waals surface area contributed by atoms with Gasteiger partial charge in [-0.25, -0.2) is 9.59 Å². The van der Waals surface area contributed by atoms with Gasteiger partial charge in [0.05, 0.1) is 5.41 Å². The lowest BCUT2D eigenvalue weighted by molar-refractivity contribution is -0.180. The SMILES string of the molecule is C[C@H]1C(=O)[C@@H]2[C@H](NC(=O)OCc3ccccc3)C(=O)N2[C@H]1C(=O)OCOC(=O)C(C)(C)C. The summed E-state index contributed by atoms with van der Waals surface area (Å²) in [5, 5.41) is 2.40. The smallest absolute Gasteiger partial charge is 0.408 e. The molecule has 0 aliphatic carbocycles. The number of rotatable bonds is 6. The Morgan fingerprint density at radius 2 is 1.69 bits per heavy atom. The highest BCUT2D eigenvalue weighted by molar-refractivity contribution is 6.11. The Kier molecular flexibility index (Phi) is 6.52. The zero-order chi connectivity index (χ0) is 23.6. The number of amides is 2. The van der Waals surface area contributed by atoms with E-state index < -0.39 is 60.2 Å². The molecule has 32 heavy (non-hydrogen) atoms. The molecule has 2 amide bonds. The molecule has 10 heteroatoms. The van der Waals surface area contributed by atoms with Crippen LogP contribution in [0.1, 0.15) is 33.3 Å². The highest BCUT2D eigenvalue weighted by Gasteiger charge is 2.64. The molecule has 0 unspecified atom stereocenters. The van der Waals surface area contributed by atoms with Crippen LogP contribution in [0.25, 0.3) is 0 Å². The van der Waals surface area contributed by atoms with Gasteiger partial charge in [0.15, 0.2) is 5.78 Å². The summed E-state index contributed by atoms with van der Waals surface area (Å²) in [6.07, 6.45) is -0.840. The zero-order valence-electron chi connectivity index (χ0n) is 18.3. The Balaban J connectivity index is 1.55. The number of carbonyl (C=O) groups excluding carboxylic acids is 5. The topological polar surface area (TPSA) is 128 Å². The first-order valence-corrected chi connectivity index (χ1v) is 10.2. The number of hydrogen-bond acceptors (Lipinski definition) is 8. The second kappa shape index (κ2) is 8.97. The van der Waals surface area contributed by atoms with E-state index in [4.69, 9.17) is 14.2 Å². The van der Waals surface area contributed by atoms with Crippen LogP contribution in [0.4, 0.5) is 4.79 Å². The van der Waals surface area contributed by atoms with Crippen LogP contribution in [0.2, 0.25) is 0 Å². The van der Waals surface area contributed by atoms with E-state index in [1.807, 2.05) is 6.07 Å². The first-order valence-electron chi connectivity index (χ1n) is 10.2. The van der Waals surface area contributed by atoms with E-state index in [0.717, 1.165) is 10.5 Å². The summed E-state index contributed by atoms with van der Waals surface area (Å²) in [4.78, 5) is 62.7. The Hall–Kier alpha value is -3.43. The van der Waals surface area contributed by atoms with Crippen LogP contribution < -0.4 is 5.32 Å². The van der Waals surface area contributed by atoms with Crippen molar-refractivity contribution < 1.29 is 38.2 Å². The molecule has 0 radical (unpaired) electrons. The lowest BCUT2D eigenvalue weighted by Gasteiger charge is -2.43. The van der Waals surface area contributed by atoms with Gasteiger partial charge in [-0.1, -0.05) is 37.3 Å². The molecule has 1 aromatic carbocycles. The van der Waals surface area contributed by atoms with Gasteiger partial charge < -0.3 is 24.4 Å². The Morgan fingerprint density at radius 1 is 1.03 bits per heavy atom. The third-order valence-electron chi connectivity index (χ3n) is 5.38. The van der Waals surface area contributed by atoms with Crippen LogP contribution in [-0.2, 0) is 40.0 Å². The first-order chi connectivity index (χ1) is 15.0. The van der Waals surface area contributed by atoms with E-state index in [1.165, 1.54) is 6.92 Å². The van der Waals surface area contributed by atoms with E-state index in [0.29, 0.717) is 0 Å². The van der Waals surface area contributed by atoms with Gasteiger partial charge in [0.1, 0.15) is 24.7 Å². The van der Waals surface area contributed by atoms with E-state index >= 15 is 0 Å². The molecule has 2 fully saturated rings. The van der Waals surface area contributed by atoms with Crippen LogP contribution in [-0.4, -0.2) is 59.5 Å². The quantitative estimate of drug-likeness (QED) is 0.392. The minimum Gasteiger partial charge on any atom is -0.445 e. The van der Waals surface area contributed by atoms with Gasteiger partial charge >= 0.3 is 18.0 Å². The number of esters is 2. The van der Waals surface area contributed by atoms with E-state index in [-0.39, 0.29) is 12.4 Å². The monoisotopic (exact) mass is 446 g/mol. The minimum atomic E-state index is -1.15. The van der Waals surface area contributed by atoms with Crippen molar-refractivity contribution in [1.29, 1.82) is 0 Å². The van der Waals surface area contributed by atoms with Crippen LogP contribution in [0, 0.1) is 11.3 Å². The molecule has 0 bridgehead atoms. The third-order valence-corrected chi connectivity index (χ3v) is 5.38. The molecular formula is C22H26N2O8. The number of benzene rings is 1. The molecule has 2 aliphatic heterocycles. The predicted molar refractivity (Wildman–Crippen MR) is 109 cm³/mol. The van der Waals surface area contributed by atoms with Gasteiger partial charge in [-0.2, -0.15) is 0 Å². The lowest BCUT2D eigenvalue weighted by atomic mass is 9.93. The first kappa shape index (κ1) is 23.2. The van der Waals surface area contributed by atoms with Crippen molar-refractivity contribution >= 4 is 29.7 Å². The number of alkyl carbamates (subject to hydrolysis) is 1. The largest absolute Gasteiger partial charge is 0.445 e. The molecular weight excluding hydrogens is 420 g/mol. The Morgan fingerprint density at radius 3 is 2.31 bits per heavy atom. The van der Waals surface area contributed by atoms with Crippen molar-refractivity contribution in [1.82, 2.24) is 10.2 Å². The Labute approximate surface area is 185 Å². The van der Waals surface area contributed by atoms with Crippen molar-refractivity contribution in [3.05, 3.63) is 35.9 Å². The average molecular weight is 446 g/mol. The molecule has 2 heterocycles. The van der Waals surface area contributed by atoms with Gasteiger partial charge in [-0.15, -0.1) is 0 Å². The summed E-state index contributed by atoms with van der Waals surface area (Å²) >= 11 is 0. The normalized spacial score (nSPS) is 24.3. The zero-order valence-corrected chi connectivity index (χ0v) is 18.3. The number of nitrogens with one attached hydrogen (secondary N) is 1. The maximum Gasteiger partial charge on any atom is 0.408 e. The minimum absolute atomic E-state index is 0.00848. The molecule has 3 rings (SSSR count). The maximum absolute atomic E-state index is 12.6. The fourth-order valence-corrected chi connectivity index (χ4v) is 3.58. The Bertz CT molecular complexity index is 924. The van der Waals surface area contributed by atoms with Crippen molar-refractivity contribution in [2.45, 2.75) is 52.4 Å². The van der Waals surface area contributed by atoms with E-state index in [9.17, 15) is 24.0 Å². The number of ether oxygens (including phenoxy) is 3. The van der Waals surface area contributed by atoms with Crippen LogP contribution in [0.15, 0.2) is 30.3 Å². The van der Waals surface area contributed by atoms with Crippen LogP contribution >= 0.6 is 0 Å². The molecule has 4 atom stereocenters. The summed E-state index contributed by atoms with van der Waals surface area (Å²) in [6.45, 7) is 5.84.